The van der Waals surface area contributed by atoms with Gasteiger partial charge in [0.15, 0.2) is 0 Å². The molecular weight excluding hydrogens is 176 g/mol. The quantitative estimate of drug-likeness (QED) is 0.775. The second-order valence-corrected chi connectivity index (χ2v) is 5.44. The predicted molar refractivity (Wildman–Crippen MR) is 54.9 cm³/mol. The molecule has 1 aliphatic carbocycles. The summed E-state index contributed by atoms with van der Waals surface area (Å²) < 4.78 is 1.78. The van der Waals surface area contributed by atoms with Crippen LogP contribution in [0.4, 0.5) is 0 Å². The summed E-state index contributed by atoms with van der Waals surface area (Å²) in [5, 5.41) is 14.3. The van der Waals surface area contributed by atoms with Crippen LogP contribution in [0.25, 0.3) is 0 Å². The Kier molecular flexibility index (Phi) is 1.96. The van der Waals surface area contributed by atoms with Gasteiger partial charge in [0.2, 0.25) is 0 Å². The lowest BCUT2D eigenvalue weighted by atomic mass is 9.60. The van der Waals surface area contributed by atoms with Crippen LogP contribution in [-0.4, -0.2) is 20.5 Å². The minimum atomic E-state index is -0.480. The SMILES string of the molecule is Cn1cc(CC2(O)CC(C)(C)C2)cn1. The van der Waals surface area contributed by atoms with Crippen molar-refractivity contribution < 1.29 is 5.11 Å². The molecular formula is C11H18N2O. The fourth-order valence-corrected chi connectivity index (χ4v) is 2.80. The first-order valence-electron chi connectivity index (χ1n) is 5.09. The molecule has 0 spiro atoms. The highest BCUT2D eigenvalue weighted by atomic mass is 16.3. The lowest BCUT2D eigenvalue weighted by Gasteiger charge is -2.49. The van der Waals surface area contributed by atoms with Gasteiger partial charge in [-0.05, 0) is 23.8 Å². The van der Waals surface area contributed by atoms with E-state index in [-0.39, 0.29) is 0 Å². The monoisotopic (exact) mass is 194 g/mol. The zero-order valence-electron chi connectivity index (χ0n) is 9.12. The third-order valence-electron chi connectivity index (χ3n) is 2.91. The second kappa shape index (κ2) is 2.83. The number of hydrogen-bond acceptors (Lipinski definition) is 2. The fourth-order valence-electron chi connectivity index (χ4n) is 2.80. The average molecular weight is 194 g/mol. The van der Waals surface area contributed by atoms with Crippen molar-refractivity contribution in [1.82, 2.24) is 9.78 Å². The molecule has 78 valence electrons. The van der Waals surface area contributed by atoms with Crippen molar-refractivity contribution in [2.45, 2.75) is 38.7 Å². The smallest absolute Gasteiger partial charge is 0.0699 e. The Morgan fingerprint density at radius 1 is 1.50 bits per heavy atom. The Hall–Kier alpha value is -0.830. The van der Waals surface area contributed by atoms with Crippen LogP contribution in [0.5, 0.6) is 0 Å². The molecule has 0 aromatic carbocycles. The van der Waals surface area contributed by atoms with Gasteiger partial charge < -0.3 is 5.11 Å². The molecule has 2 rings (SSSR count). The number of rotatable bonds is 2. The summed E-state index contributed by atoms with van der Waals surface area (Å²) in [6.45, 7) is 4.40. The molecule has 1 heterocycles. The molecule has 3 heteroatoms. The fraction of sp³-hybridized carbons (Fsp3) is 0.727. The van der Waals surface area contributed by atoms with Gasteiger partial charge in [0.25, 0.3) is 0 Å². The number of hydrogen-bond donors (Lipinski definition) is 1. The molecule has 1 saturated carbocycles. The highest BCUT2D eigenvalue weighted by molar-refractivity contribution is 5.13. The summed E-state index contributed by atoms with van der Waals surface area (Å²) in [5.41, 5.74) is 0.967. The minimum Gasteiger partial charge on any atom is -0.390 e. The molecule has 1 aromatic heterocycles. The zero-order valence-corrected chi connectivity index (χ0v) is 9.12. The van der Waals surface area contributed by atoms with E-state index in [2.05, 4.69) is 18.9 Å². The highest BCUT2D eigenvalue weighted by Crippen LogP contribution is 2.49. The van der Waals surface area contributed by atoms with E-state index in [9.17, 15) is 5.11 Å². The average Bonchev–Trinajstić information content (AvgIpc) is 2.29. The number of aliphatic hydroxyl groups is 1. The second-order valence-electron chi connectivity index (χ2n) is 5.44. The molecule has 0 amide bonds. The van der Waals surface area contributed by atoms with Gasteiger partial charge in [-0.15, -0.1) is 0 Å². The predicted octanol–water partition coefficient (Wildman–Crippen LogP) is 1.51. The third kappa shape index (κ3) is 1.82. The van der Waals surface area contributed by atoms with Crippen LogP contribution in [0, 0.1) is 5.41 Å². The molecule has 1 aromatic rings. The van der Waals surface area contributed by atoms with Gasteiger partial charge in [-0.1, -0.05) is 13.8 Å². The van der Waals surface area contributed by atoms with Gasteiger partial charge in [-0.2, -0.15) is 5.10 Å². The van der Waals surface area contributed by atoms with E-state index in [0.29, 0.717) is 5.41 Å². The molecule has 0 bridgehead atoms. The van der Waals surface area contributed by atoms with Crippen LogP contribution in [0.2, 0.25) is 0 Å². The maximum Gasteiger partial charge on any atom is 0.0699 e. The van der Waals surface area contributed by atoms with Crippen molar-refractivity contribution in [3.8, 4) is 0 Å². The standard InChI is InChI=1S/C11H18N2O/c1-10(2)7-11(14,8-10)4-9-5-12-13(3)6-9/h5-6,14H,4,7-8H2,1-3H3. The van der Waals surface area contributed by atoms with E-state index in [4.69, 9.17) is 0 Å². The summed E-state index contributed by atoms with van der Waals surface area (Å²) in [7, 11) is 1.90. The van der Waals surface area contributed by atoms with Crippen LogP contribution in [0.1, 0.15) is 32.3 Å². The van der Waals surface area contributed by atoms with E-state index >= 15 is 0 Å². The van der Waals surface area contributed by atoms with E-state index in [0.717, 1.165) is 24.8 Å². The number of nitrogens with zero attached hydrogens (tertiary/aromatic N) is 2. The Morgan fingerprint density at radius 2 is 2.14 bits per heavy atom. The number of aromatic nitrogens is 2. The van der Waals surface area contributed by atoms with Crippen molar-refractivity contribution in [2.24, 2.45) is 12.5 Å². The van der Waals surface area contributed by atoms with Gasteiger partial charge in [-0.3, -0.25) is 4.68 Å². The van der Waals surface area contributed by atoms with Gasteiger partial charge in [-0.25, -0.2) is 0 Å². The molecule has 3 nitrogen and oxygen atoms in total. The topological polar surface area (TPSA) is 38.0 Å². The van der Waals surface area contributed by atoms with Crippen LogP contribution in [0.3, 0.4) is 0 Å². The van der Waals surface area contributed by atoms with Crippen LogP contribution < -0.4 is 0 Å². The van der Waals surface area contributed by atoms with Crippen molar-refractivity contribution in [3.05, 3.63) is 18.0 Å². The molecule has 0 saturated heterocycles. The van der Waals surface area contributed by atoms with E-state index in [1.165, 1.54) is 0 Å². The van der Waals surface area contributed by atoms with Gasteiger partial charge in [0, 0.05) is 19.7 Å². The maximum absolute atomic E-state index is 10.2. The molecule has 1 N–H and O–H groups in total. The third-order valence-corrected chi connectivity index (χ3v) is 2.91. The molecule has 0 atom stereocenters. The first-order chi connectivity index (χ1) is 6.39. The number of aryl methyl sites for hydroxylation is 1. The summed E-state index contributed by atoms with van der Waals surface area (Å²) in [6, 6.07) is 0. The van der Waals surface area contributed by atoms with Crippen molar-refractivity contribution in [3.63, 3.8) is 0 Å². The molecule has 14 heavy (non-hydrogen) atoms. The Morgan fingerprint density at radius 3 is 2.57 bits per heavy atom. The minimum absolute atomic E-state index is 0.316. The first-order valence-corrected chi connectivity index (χ1v) is 5.09. The van der Waals surface area contributed by atoms with E-state index < -0.39 is 5.60 Å². The van der Waals surface area contributed by atoms with Crippen molar-refractivity contribution >= 4 is 0 Å². The molecule has 0 radical (unpaired) electrons. The van der Waals surface area contributed by atoms with Crippen LogP contribution in [-0.2, 0) is 13.5 Å². The summed E-state index contributed by atoms with van der Waals surface area (Å²) in [6.07, 6.45) is 6.35. The van der Waals surface area contributed by atoms with Crippen molar-refractivity contribution in [2.75, 3.05) is 0 Å². The van der Waals surface area contributed by atoms with Crippen molar-refractivity contribution in [1.29, 1.82) is 0 Å². The summed E-state index contributed by atoms with van der Waals surface area (Å²) >= 11 is 0. The lowest BCUT2D eigenvalue weighted by Crippen LogP contribution is -2.50. The van der Waals surface area contributed by atoms with Gasteiger partial charge in [0.1, 0.15) is 0 Å². The largest absolute Gasteiger partial charge is 0.390 e. The lowest BCUT2D eigenvalue weighted by molar-refractivity contribution is -0.111. The van der Waals surface area contributed by atoms with E-state index in [1.54, 1.807) is 4.68 Å². The van der Waals surface area contributed by atoms with Crippen LogP contribution in [0.15, 0.2) is 12.4 Å². The molecule has 0 unspecified atom stereocenters. The first kappa shape index (κ1) is 9.71. The Bertz CT molecular complexity index is 333. The Labute approximate surface area is 84.7 Å². The summed E-state index contributed by atoms with van der Waals surface area (Å²) in [4.78, 5) is 0. The highest BCUT2D eigenvalue weighted by Gasteiger charge is 2.47. The Balaban J connectivity index is 1.99. The molecule has 1 aliphatic rings. The van der Waals surface area contributed by atoms with E-state index in [1.807, 2.05) is 19.4 Å². The summed E-state index contributed by atoms with van der Waals surface area (Å²) in [5.74, 6) is 0. The molecule has 0 aliphatic heterocycles. The molecule has 1 fully saturated rings. The van der Waals surface area contributed by atoms with Gasteiger partial charge in [0.05, 0.1) is 11.8 Å². The van der Waals surface area contributed by atoms with Gasteiger partial charge >= 0.3 is 0 Å². The normalized spacial score (nSPS) is 23.1. The maximum atomic E-state index is 10.2. The zero-order chi connectivity index (χ0) is 10.4. The van der Waals surface area contributed by atoms with Crippen LogP contribution >= 0.6 is 0 Å².